The topological polar surface area (TPSA) is 130 Å². The van der Waals surface area contributed by atoms with Crippen LogP contribution in [0.15, 0.2) is 54.6 Å². The van der Waals surface area contributed by atoms with Crippen LogP contribution in [-0.4, -0.2) is 55.8 Å². The van der Waals surface area contributed by atoms with Crippen molar-refractivity contribution in [1.82, 2.24) is 0 Å². The Morgan fingerprint density at radius 3 is 2.06 bits per heavy atom. The van der Waals surface area contributed by atoms with Crippen molar-refractivity contribution in [1.29, 1.82) is 0 Å². The van der Waals surface area contributed by atoms with Crippen molar-refractivity contribution < 1.29 is 38.7 Å². The number of aromatic hydroxyl groups is 2. The van der Waals surface area contributed by atoms with E-state index in [1.165, 1.54) is 24.3 Å². The number of esters is 1. The van der Waals surface area contributed by atoms with Crippen LogP contribution in [0.2, 0.25) is 0 Å². The summed E-state index contributed by atoms with van der Waals surface area (Å²) in [5.41, 5.74) is 6.13. The summed E-state index contributed by atoms with van der Waals surface area (Å²) in [5.74, 6) is 0.680. The number of carbonyl (C=O) groups is 1. The van der Waals surface area contributed by atoms with Gasteiger partial charge in [-0.2, -0.15) is 0 Å². The van der Waals surface area contributed by atoms with Crippen molar-refractivity contribution in [2.24, 2.45) is 5.73 Å². The van der Waals surface area contributed by atoms with E-state index < -0.39 is 11.6 Å². The van der Waals surface area contributed by atoms with Gasteiger partial charge in [-0.15, -0.1) is 0 Å². The monoisotopic (exact) mass is 479 g/mol. The molecule has 0 fully saturated rings. The van der Waals surface area contributed by atoms with Gasteiger partial charge in [0.1, 0.15) is 35.4 Å². The molecule has 0 atom stereocenters. The molecule has 0 radical (unpaired) electrons. The molecule has 0 saturated carbocycles. The van der Waals surface area contributed by atoms with E-state index in [1.807, 2.05) is 0 Å². The predicted molar refractivity (Wildman–Crippen MR) is 124 cm³/mol. The van der Waals surface area contributed by atoms with E-state index in [1.54, 1.807) is 30.3 Å². The number of nitrogens with two attached hydrogens (primary N) is 1. The van der Waals surface area contributed by atoms with E-state index in [-0.39, 0.29) is 11.5 Å². The molecule has 3 aromatic rings. The second kappa shape index (κ2) is 9.46. The Bertz CT molecular complexity index is 1210. The van der Waals surface area contributed by atoms with Crippen LogP contribution < -0.4 is 15.2 Å². The van der Waals surface area contributed by atoms with Crippen molar-refractivity contribution in [3.05, 3.63) is 76.9 Å². The normalized spacial score (nSPS) is 14.6. The van der Waals surface area contributed by atoms with Gasteiger partial charge >= 0.3 is 5.97 Å². The Hall–Kier alpha value is -3.79. The van der Waals surface area contributed by atoms with Crippen LogP contribution in [0.4, 0.5) is 0 Å². The Morgan fingerprint density at radius 2 is 1.40 bits per heavy atom. The van der Waals surface area contributed by atoms with Crippen LogP contribution >= 0.6 is 0 Å². The summed E-state index contributed by atoms with van der Waals surface area (Å²) in [5, 5.41) is 20.1. The Kier molecular flexibility index (Phi) is 6.21. The highest BCUT2D eigenvalue weighted by Gasteiger charge is 2.53. The minimum absolute atomic E-state index is 0.00226. The van der Waals surface area contributed by atoms with Crippen molar-refractivity contribution in [2.45, 2.75) is 5.60 Å². The highest BCUT2D eigenvalue weighted by Crippen LogP contribution is 2.57. The van der Waals surface area contributed by atoms with Gasteiger partial charge < -0.3 is 39.6 Å². The van der Waals surface area contributed by atoms with E-state index in [9.17, 15) is 15.0 Å². The van der Waals surface area contributed by atoms with E-state index in [0.717, 1.165) is 0 Å². The first-order chi connectivity index (χ1) is 17.0. The van der Waals surface area contributed by atoms with Gasteiger partial charge in [0.05, 0.1) is 32.0 Å². The summed E-state index contributed by atoms with van der Waals surface area (Å²) in [4.78, 5) is 13.0. The Morgan fingerprint density at radius 1 is 0.771 bits per heavy atom. The SMILES string of the molecule is NCCOCCOCCOc1ccc2c(c1)C1(OC2=O)c2ccc(O)cc2Oc2cc(O)ccc21. The molecular weight excluding hydrogens is 454 g/mol. The number of fused-ring (bicyclic) bond motifs is 6. The lowest BCUT2D eigenvalue weighted by Gasteiger charge is -2.36. The fourth-order valence-electron chi connectivity index (χ4n) is 4.39. The average molecular weight is 479 g/mol. The summed E-state index contributed by atoms with van der Waals surface area (Å²) in [7, 11) is 0. The maximum absolute atomic E-state index is 13.0. The molecular formula is C26H25NO8. The average Bonchev–Trinajstić information content (AvgIpc) is 3.12. The maximum atomic E-state index is 13.0. The van der Waals surface area contributed by atoms with Gasteiger partial charge in [-0.1, -0.05) is 0 Å². The largest absolute Gasteiger partial charge is 0.508 e. The third kappa shape index (κ3) is 4.14. The van der Waals surface area contributed by atoms with Crippen molar-refractivity contribution in [3.8, 4) is 28.7 Å². The third-order valence-electron chi connectivity index (χ3n) is 5.88. The van der Waals surface area contributed by atoms with E-state index in [0.29, 0.717) is 79.1 Å². The third-order valence-corrected chi connectivity index (χ3v) is 5.88. The highest BCUT2D eigenvalue weighted by molar-refractivity contribution is 5.97. The van der Waals surface area contributed by atoms with Crippen LogP contribution in [0.5, 0.6) is 28.7 Å². The van der Waals surface area contributed by atoms with Gasteiger partial charge in [0.15, 0.2) is 5.60 Å². The number of phenols is 2. The summed E-state index contributed by atoms with van der Waals surface area (Å²) in [6.45, 7) is 2.53. The fraction of sp³-hybridized carbons (Fsp3) is 0.269. The van der Waals surface area contributed by atoms with Crippen LogP contribution in [0.25, 0.3) is 0 Å². The standard InChI is InChI=1S/C26H25NO8/c27-7-8-31-9-10-32-11-12-33-18-3-4-19-22(15-18)26(35-25(19)30)20-5-1-16(28)13-23(20)34-24-14-17(29)2-6-21(24)26/h1-6,13-15,28-29H,7-12,27H2. The van der Waals surface area contributed by atoms with Gasteiger partial charge in [0.25, 0.3) is 0 Å². The molecule has 0 aromatic heterocycles. The molecule has 0 bridgehead atoms. The van der Waals surface area contributed by atoms with E-state index >= 15 is 0 Å². The molecule has 0 saturated heterocycles. The maximum Gasteiger partial charge on any atom is 0.340 e. The fourth-order valence-corrected chi connectivity index (χ4v) is 4.39. The first-order valence-corrected chi connectivity index (χ1v) is 11.2. The molecule has 4 N–H and O–H groups in total. The molecule has 1 spiro atoms. The first kappa shape index (κ1) is 23.0. The van der Waals surface area contributed by atoms with Gasteiger partial charge in [0.2, 0.25) is 0 Å². The van der Waals surface area contributed by atoms with Gasteiger partial charge in [0, 0.05) is 35.4 Å². The van der Waals surface area contributed by atoms with Crippen LogP contribution in [0.3, 0.4) is 0 Å². The van der Waals surface area contributed by atoms with Gasteiger partial charge in [-0.25, -0.2) is 4.79 Å². The quantitative estimate of drug-likeness (QED) is 0.313. The first-order valence-electron chi connectivity index (χ1n) is 11.2. The Balaban J connectivity index is 1.46. The lowest BCUT2D eigenvalue weighted by molar-refractivity contribution is 0.0223. The molecule has 2 aliphatic heterocycles. The van der Waals surface area contributed by atoms with Crippen LogP contribution in [0, 0.1) is 0 Å². The number of benzene rings is 3. The minimum Gasteiger partial charge on any atom is -0.508 e. The molecule has 2 aliphatic rings. The number of rotatable bonds is 9. The van der Waals surface area contributed by atoms with Gasteiger partial charge in [-0.05, 0) is 42.5 Å². The molecule has 5 rings (SSSR count). The number of hydrogen-bond donors (Lipinski definition) is 3. The lowest BCUT2D eigenvalue weighted by atomic mass is 9.77. The molecule has 3 aromatic carbocycles. The zero-order valence-electron chi connectivity index (χ0n) is 18.9. The molecule has 182 valence electrons. The number of hydrogen-bond acceptors (Lipinski definition) is 9. The predicted octanol–water partition coefficient (Wildman–Crippen LogP) is 3.04. The summed E-state index contributed by atoms with van der Waals surface area (Å²) >= 11 is 0. The van der Waals surface area contributed by atoms with E-state index in [2.05, 4.69) is 0 Å². The minimum atomic E-state index is -1.33. The molecule has 0 amide bonds. The molecule has 9 nitrogen and oxygen atoms in total. The number of phenolic OH excluding ortho intramolecular Hbond substituents is 2. The molecule has 35 heavy (non-hydrogen) atoms. The summed E-state index contributed by atoms with van der Waals surface area (Å²) < 4.78 is 28.7. The number of ether oxygens (including phenoxy) is 5. The van der Waals surface area contributed by atoms with Gasteiger partial charge in [-0.3, -0.25) is 0 Å². The number of carbonyl (C=O) groups excluding carboxylic acids is 1. The van der Waals surface area contributed by atoms with Crippen molar-refractivity contribution in [2.75, 3.05) is 39.6 Å². The molecule has 9 heteroatoms. The molecule has 0 aliphatic carbocycles. The van der Waals surface area contributed by atoms with Crippen molar-refractivity contribution >= 4 is 5.97 Å². The van der Waals surface area contributed by atoms with Crippen molar-refractivity contribution in [3.63, 3.8) is 0 Å². The summed E-state index contributed by atoms with van der Waals surface area (Å²) in [6.07, 6.45) is 0. The zero-order valence-corrected chi connectivity index (χ0v) is 18.9. The second-order valence-electron chi connectivity index (χ2n) is 8.10. The zero-order chi connectivity index (χ0) is 24.4. The Labute approximate surface area is 201 Å². The van der Waals surface area contributed by atoms with Crippen LogP contribution in [-0.2, 0) is 19.8 Å². The molecule has 0 unspecified atom stereocenters. The van der Waals surface area contributed by atoms with E-state index in [4.69, 9.17) is 29.4 Å². The smallest absolute Gasteiger partial charge is 0.340 e. The van der Waals surface area contributed by atoms with Crippen LogP contribution in [0.1, 0.15) is 27.0 Å². The lowest BCUT2D eigenvalue weighted by Crippen LogP contribution is -2.33. The summed E-state index contributed by atoms with van der Waals surface area (Å²) in [6, 6.07) is 14.4. The second-order valence-corrected chi connectivity index (χ2v) is 8.10. The molecule has 2 heterocycles. The highest BCUT2D eigenvalue weighted by atomic mass is 16.6.